The zero-order valence-electron chi connectivity index (χ0n) is 16.5. The molecule has 148 valence electrons. The van der Waals surface area contributed by atoms with Gasteiger partial charge in [0, 0.05) is 19.3 Å². The number of hydrogen-bond acceptors (Lipinski definition) is 4. The number of aromatic nitrogens is 2. The first-order valence-corrected chi connectivity index (χ1v) is 10.2. The van der Waals surface area contributed by atoms with Crippen LogP contribution in [0, 0.1) is 5.92 Å². The van der Waals surface area contributed by atoms with Crippen LogP contribution in [0.25, 0.3) is 0 Å². The molecule has 0 spiro atoms. The molecule has 0 radical (unpaired) electrons. The average molecular weight is 386 g/mol. The van der Waals surface area contributed by atoms with Gasteiger partial charge in [0.15, 0.2) is 0 Å². The molecule has 4 rings (SSSR count). The number of carbonyl (C=O) groups excluding carboxylic acids is 1. The first kappa shape index (κ1) is 19.1. The number of pyridine rings is 2. The third-order valence-electron chi connectivity index (χ3n) is 5.45. The fourth-order valence-corrected chi connectivity index (χ4v) is 3.77. The van der Waals surface area contributed by atoms with Crippen LogP contribution < -0.4 is 5.32 Å². The summed E-state index contributed by atoms with van der Waals surface area (Å²) in [7, 11) is 0. The lowest BCUT2D eigenvalue weighted by Crippen LogP contribution is -2.39. The third kappa shape index (κ3) is 5.19. The van der Waals surface area contributed by atoms with Crippen molar-refractivity contribution in [1.29, 1.82) is 0 Å². The van der Waals surface area contributed by atoms with Gasteiger partial charge >= 0.3 is 0 Å². The number of likely N-dealkylation sites (tertiary alicyclic amines) is 1. The molecular formula is C24H26N4O. The van der Waals surface area contributed by atoms with Crippen LogP contribution in [0.3, 0.4) is 0 Å². The van der Waals surface area contributed by atoms with Gasteiger partial charge in [0.2, 0.25) is 0 Å². The van der Waals surface area contributed by atoms with Crippen molar-refractivity contribution in [3.05, 3.63) is 90.0 Å². The Kier molecular flexibility index (Phi) is 6.15. The predicted octanol–water partition coefficient (Wildman–Crippen LogP) is 4.18. The summed E-state index contributed by atoms with van der Waals surface area (Å²) in [5.74, 6) is 0.673. The molecule has 0 aliphatic carbocycles. The van der Waals surface area contributed by atoms with Crippen LogP contribution in [-0.2, 0) is 13.0 Å². The lowest BCUT2D eigenvalue weighted by atomic mass is 9.90. The number of hydrogen-bond donors (Lipinski definition) is 1. The SMILES string of the molecule is O=C(c1ccc(NCc2ccccn2)cn1)N1CCC(Cc2ccccc2)CC1. The van der Waals surface area contributed by atoms with Crippen molar-refractivity contribution in [2.45, 2.75) is 25.8 Å². The van der Waals surface area contributed by atoms with Gasteiger partial charge in [0.05, 0.1) is 24.1 Å². The van der Waals surface area contributed by atoms with E-state index >= 15 is 0 Å². The molecular weight excluding hydrogens is 360 g/mol. The minimum absolute atomic E-state index is 0.0273. The van der Waals surface area contributed by atoms with Crippen LogP contribution in [0.2, 0.25) is 0 Å². The molecule has 5 nitrogen and oxygen atoms in total. The Morgan fingerprint density at radius 2 is 1.76 bits per heavy atom. The quantitative estimate of drug-likeness (QED) is 0.690. The molecule has 0 saturated carbocycles. The lowest BCUT2D eigenvalue weighted by Gasteiger charge is -2.32. The Hall–Kier alpha value is -3.21. The monoisotopic (exact) mass is 386 g/mol. The highest BCUT2D eigenvalue weighted by Crippen LogP contribution is 2.22. The molecule has 1 N–H and O–H groups in total. The van der Waals surface area contributed by atoms with Crippen LogP contribution in [0.1, 0.15) is 34.6 Å². The molecule has 2 aromatic heterocycles. The maximum atomic E-state index is 12.8. The average Bonchev–Trinajstić information content (AvgIpc) is 2.79. The second kappa shape index (κ2) is 9.32. The summed E-state index contributed by atoms with van der Waals surface area (Å²) in [4.78, 5) is 23.4. The van der Waals surface area contributed by atoms with Crippen molar-refractivity contribution < 1.29 is 4.79 Å². The standard InChI is InChI=1S/C24H26N4O/c29-24(28-14-11-20(12-15-28)16-19-6-2-1-3-7-19)23-10-9-22(18-27-23)26-17-21-8-4-5-13-25-21/h1-10,13,18,20,26H,11-12,14-17H2. The molecule has 3 heterocycles. The van der Waals surface area contributed by atoms with E-state index in [1.165, 1.54) is 5.56 Å². The molecule has 0 bridgehead atoms. The van der Waals surface area contributed by atoms with E-state index in [-0.39, 0.29) is 5.91 Å². The number of piperidine rings is 1. The van der Waals surface area contributed by atoms with Gasteiger partial charge in [0.1, 0.15) is 5.69 Å². The fourth-order valence-electron chi connectivity index (χ4n) is 3.77. The molecule has 29 heavy (non-hydrogen) atoms. The van der Waals surface area contributed by atoms with Gasteiger partial charge in [0.25, 0.3) is 5.91 Å². The van der Waals surface area contributed by atoms with Crippen molar-refractivity contribution in [3.8, 4) is 0 Å². The van der Waals surface area contributed by atoms with Crippen LogP contribution in [-0.4, -0.2) is 33.9 Å². The van der Waals surface area contributed by atoms with E-state index in [0.717, 1.165) is 43.7 Å². The zero-order chi connectivity index (χ0) is 19.9. The number of carbonyl (C=O) groups is 1. The molecule has 0 unspecified atom stereocenters. The van der Waals surface area contributed by atoms with E-state index in [0.29, 0.717) is 18.2 Å². The Morgan fingerprint density at radius 1 is 0.966 bits per heavy atom. The van der Waals surface area contributed by atoms with E-state index in [9.17, 15) is 4.79 Å². The minimum Gasteiger partial charge on any atom is -0.378 e. The number of rotatable bonds is 6. The molecule has 1 aliphatic heterocycles. The van der Waals surface area contributed by atoms with E-state index < -0.39 is 0 Å². The molecule has 5 heteroatoms. The molecule has 3 aromatic rings. The molecule has 1 fully saturated rings. The summed E-state index contributed by atoms with van der Waals surface area (Å²) < 4.78 is 0. The van der Waals surface area contributed by atoms with Crippen molar-refractivity contribution in [1.82, 2.24) is 14.9 Å². The zero-order valence-corrected chi connectivity index (χ0v) is 16.5. The van der Waals surface area contributed by atoms with Gasteiger partial charge < -0.3 is 10.2 Å². The van der Waals surface area contributed by atoms with Crippen molar-refractivity contribution in [3.63, 3.8) is 0 Å². The van der Waals surface area contributed by atoms with Crippen LogP contribution in [0.5, 0.6) is 0 Å². The van der Waals surface area contributed by atoms with E-state index in [1.54, 1.807) is 18.5 Å². The normalized spacial score (nSPS) is 14.6. The predicted molar refractivity (Wildman–Crippen MR) is 115 cm³/mol. The topological polar surface area (TPSA) is 58.1 Å². The largest absolute Gasteiger partial charge is 0.378 e. The fraction of sp³-hybridized carbons (Fsp3) is 0.292. The second-order valence-electron chi connectivity index (χ2n) is 7.53. The van der Waals surface area contributed by atoms with Crippen LogP contribution in [0.15, 0.2) is 73.1 Å². The van der Waals surface area contributed by atoms with Crippen LogP contribution >= 0.6 is 0 Å². The summed E-state index contributed by atoms with van der Waals surface area (Å²) in [6.07, 6.45) is 6.69. The number of anilines is 1. The van der Waals surface area contributed by atoms with Gasteiger partial charge in [-0.05, 0) is 55.0 Å². The van der Waals surface area contributed by atoms with Gasteiger partial charge in [-0.1, -0.05) is 36.4 Å². The summed E-state index contributed by atoms with van der Waals surface area (Å²) >= 11 is 0. The summed E-state index contributed by atoms with van der Waals surface area (Å²) in [5.41, 5.74) is 3.74. The smallest absolute Gasteiger partial charge is 0.272 e. The minimum atomic E-state index is 0.0273. The van der Waals surface area contributed by atoms with E-state index in [4.69, 9.17) is 0 Å². The molecule has 1 aliphatic rings. The highest BCUT2D eigenvalue weighted by molar-refractivity contribution is 5.92. The highest BCUT2D eigenvalue weighted by Gasteiger charge is 2.24. The Morgan fingerprint density at radius 3 is 2.45 bits per heavy atom. The molecule has 1 saturated heterocycles. The summed E-state index contributed by atoms with van der Waals surface area (Å²) in [6.45, 7) is 2.24. The van der Waals surface area contributed by atoms with Gasteiger partial charge in [-0.15, -0.1) is 0 Å². The van der Waals surface area contributed by atoms with Crippen molar-refractivity contribution in [2.75, 3.05) is 18.4 Å². The highest BCUT2D eigenvalue weighted by atomic mass is 16.2. The van der Waals surface area contributed by atoms with E-state index in [2.05, 4.69) is 45.6 Å². The molecule has 0 atom stereocenters. The van der Waals surface area contributed by atoms with Crippen molar-refractivity contribution in [2.24, 2.45) is 5.92 Å². The second-order valence-corrected chi connectivity index (χ2v) is 7.53. The third-order valence-corrected chi connectivity index (χ3v) is 5.45. The van der Waals surface area contributed by atoms with Gasteiger partial charge in [-0.3, -0.25) is 9.78 Å². The summed E-state index contributed by atoms with van der Waals surface area (Å²) in [5, 5.41) is 3.29. The maximum absolute atomic E-state index is 12.8. The number of nitrogens with zero attached hydrogens (tertiary/aromatic N) is 3. The number of benzene rings is 1. The van der Waals surface area contributed by atoms with E-state index in [1.807, 2.05) is 29.2 Å². The number of nitrogens with one attached hydrogen (secondary N) is 1. The van der Waals surface area contributed by atoms with Gasteiger partial charge in [-0.2, -0.15) is 0 Å². The molecule has 1 aromatic carbocycles. The van der Waals surface area contributed by atoms with Gasteiger partial charge in [-0.25, -0.2) is 4.98 Å². The maximum Gasteiger partial charge on any atom is 0.272 e. The molecule has 1 amide bonds. The lowest BCUT2D eigenvalue weighted by molar-refractivity contribution is 0.0684. The first-order valence-electron chi connectivity index (χ1n) is 10.2. The van der Waals surface area contributed by atoms with Crippen molar-refractivity contribution >= 4 is 11.6 Å². The Bertz CT molecular complexity index is 905. The first-order chi connectivity index (χ1) is 14.3. The Labute approximate surface area is 171 Å². The van der Waals surface area contributed by atoms with Crippen LogP contribution in [0.4, 0.5) is 5.69 Å². The summed E-state index contributed by atoms with van der Waals surface area (Å²) in [6, 6.07) is 20.2. The number of amides is 1. The Balaban J connectivity index is 1.27.